The number of hydrogen-bond acceptors (Lipinski definition) is 11. The molecule has 4 rings (SSSR count). The van der Waals surface area contributed by atoms with Crippen LogP contribution in [-0.4, -0.2) is 94.8 Å². The molecule has 0 saturated carbocycles. The van der Waals surface area contributed by atoms with Gasteiger partial charge in [0.25, 0.3) is 0 Å². The second-order valence-corrected chi connectivity index (χ2v) is 15.9. The van der Waals surface area contributed by atoms with Crippen LogP contribution in [-0.2, 0) is 61.5 Å². The third-order valence-corrected chi connectivity index (χ3v) is 9.92. The Bertz CT molecular complexity index is 2320. The Morgan fingerprint density at radius 2 is 1.44 bits per heavy atom. The van der Waals surface area contributed by atoms with E-state index in [-0.39, 0.29) is 25.2 Å². The molecule has 63 heavy (non-hydrogen) atoms. The van der Waals surface area contributed by atoms with E-state index in [9.17, 15) is 43.5 Å². The molecule has 0 unspecified atom stereocenters. The van der Waals surface area contributed by atoms with E-state index in [1.807, 2.05) is 58.0 Å². The summed E-state index contributed by atoms with van der Waals surface area (Å²) >= 11 is 0. The molecule has 0 aliphatic carbocycles. The van der Waals surface area contributed by atoms with Crippen LogP contribution >= 0.6 is 0 Å². The molecule has 0 aliphatic rings. The smallest absolute Gasteiger partial charge is 0.328 e. The van der Waals surface area contributed by atoms with Gasteiger partial charge < -0.3 is 51.9 Å². The summed E-state index contributed by atoms with van der Waals surface area (Å²) in [6, 6.07) is 14.9. The van der Waals surface area contributed by atoms with E-state index in [0.29, 0.717) is 11.1 Å². The number of aryl methyl sites for hydroxylation is 2. The van der Waals surface area contributed by atoms with Crippen LogP contribution in [0.1, 0.15) is 68.4 Å². The fourth-order valence-electron chi connectivity index (χ4n) is 6.89. The van der Waals surface area contributed by atoms with Crippen LogP contribution < -0.4 is 37.1 Å². The number of carboxylic acids is 1. The Balaban J connectivity index is 1.35. The van der Waals surface area contributed by atoms with Crippen LogP contribution in [0.2, 0.25) is 0 Å². The molecule has 0 spiro atoms. The predicted octanol–water partition coefficient (Wildman–Crippen LogP) is 1.87. The van der Waals surface area contributed by atoms with Gasteiger partial charge in [-0.05, 0) is 62.1 Å². The van der Waals surface area contributed by atoms with E-state index < -0.39 is 96.5 Å². The summed E-state index contributed by atoms with van der Waals surface area (Å²) in [5, 5.41) is 22.5. The molecule has 9 N–H and O–H groups in total. The van der Waals surface area contributed by atoms with Gasteiger partial charge in [0.1, 0.15) is 36.5 Å². The molecule has 0 fully saturated rings. The van der Waals surface area contributed by atoms with Crippen molar-refractivity contribution in [3.05, 3.63) is 101 Å². The minimum Gasteiger partial charge on any atom is -0.480 e. The van der Waals surface area contributed by atoms with Crippen molar-refractivity contribution in [1.29, 1.82) is 0 Å². The van der Waals surface area contributed by atoms with Gasteiger partial charge in [0.05, 0.1) is 19.5 Å². The van der Waals surface area contributed by atoms with Crippen molar-refractivity contribution >= 4 is 58.3 Å². The van der Waals surface area contributed by atoms with Gasteiger partial charge in [-0.25, -0.2) is 9.59 Å². The summed E-state index contributed by atoms with van der Waals surface area (Å²) in [5.74, 6) is -6.38. The number of H-pyrrole nitrogens is 1. The number of carbonyl (C=O) groups is 8. The molecule has 18 nitrogen and oxygen atoms in total. The summed E-state index contributed by atoms with van der Waals surface area (Å²) in [5.41, 5.74) is 9.32. The number of ether oxygens (including phenoxy) is 2. The molecule has 0 radical (unpaired) electrons. The normalized spacial score (nSPS) is 13.1. The first kappa shape index (κ1) is 48.6. The highest BCUT2D eigenvalue weighted by Crippen LogP contribution is 2.38. The molecule has 18 heteroatoms. The van der Waals surface area contributed by atoms with Crippen molar-refractivity contribution in [2.75, 3.05) is 13.1 Å². The third-order valence-electron chi connectivity index (χ3n) is 9.92. The zero-order valence-corrected chi connectivity index (χ0v) is 36.1. The van der Waals surface area contributed by atoms with Gasteiger partial charge in [-0.1, -0.05) is 68.4 Å². The highest BCUT2D eigenvalue weighted by molar-refractivity contribution is 5.95. The second-order valence-electron chi connectivity index (χ2n) is 15.9. The van der Waals surface area contributed by atoms with E-state index in [2.05, 4.69) is 31.6 Å². The Hall–Kier alpha value is -7.08. The summed E-state index contributed by atoms with van der Waals surface area (Å²) in [6.07, 6.45) is 0.985. The summed E-state index contributed by atoms with van der Waals surface area (Å²) in [7, 11) is 0. The fraction of sp³-hybridized carbons (Fsp3) is 0.378. The largest absolute Gasteiger partial charge is 0.480 e. The van der Waals surface area contributed by atoms with Gasteiger partial charge in [-0.2, -0.15) is 0 Å². The molecule has 3 aromatic carbocycles. The topological polar surface area (TPSA) is 277 Å². The zero-order valence-electron chi connectivity index (χ0n) is 36.1. The Morgan fingerprint density at radius 1 is 0.794 bits per heavy atom. The first-order valence-corrected chi connectivity index (χ1v) is 20.2. The predicted molar refractivity (Wildman–Crippen MR) is 231 cm³/mol. The van der Waals surface area contributed by atoms with E-state index in [1.165, 1.54) is 13.8 Å². The van der Waals surface area contributed by atoms with Crippen molar-refractivity contribution in [1.82, 2.24) is 31.6 Å². The van der Waals surface area contributed by atoms with Crippen molar-refractivity contribution < 1.29 is 52.9 Å². The number of nitrogens with one attached hydrogen (secondary N) is 6. The number of para-hydroxylation sites is 1. The first-order valence-electron chi connectivity index (χ1n) is 20.2. The standard InChI is InChI=1S/C45H55N7O11/c1-25-16-26(2)40(35(17-25)63-44(61)27(3)46)45(5,6)20-36(53)51-33(18-30-21-47-32-15-11-10-14-31(30)32)42(58)50-28(4)41(57)49-22-37(54)48-23-38(55)52-34(43(59)60)19-39(56)62-24-29-12-8-7-9-13-29/h7-17,21,27-28,33-34,47H,18-20,22-24,46H2,1-6H3,(H,48,54)(H,49,57)(H,50,58)(H,51,53)(H,52,55)(H,59,60)/t27-,28-,33-,34-/m0/s1. The highest BCUT2D eigenvalue weighted by Gasteiger charge is 2.33. The Kier molecular flexibility index (Phi) is 17.1. The molecular weight excluding hydrogens is 815 g/mol. The van der Waals surface area contributed by atoms with Gasteiger partial charge in [-0.15, -0.1) is 0 Å². The number of nitrogens with two attached hydrogens (primary N) is 1. The molecule has 336 valence electrons. The summed E-state index contributed by atoms with van der Waals surface area (Å²) < 4.78 is 10.8. The molecular formula is C45H55N7O11. The van der Waals surface area contributed by atoms with Crippen LogP contribution in [0.5, 0.6) is 5.75 Å². The first-order chi connectivity index (χ1) is 29.7. The molecule has 0 aliphatic heterocycles. The minimum absolute atomic E-state index is 0.0409. The maximum absolute atomic E-state index is 13.9. The summed E-state index contributed by atoms with van der Waals surface area (Å²) in [6.45, 7) is 8.86. The van der Waals surface area contributed by atoms with Gasteiger partial charge in [0.15, 0.2) is 0 Å². The number of hydrogen-bond donors (Lipinski definition) is 8. The molecule has 0 saturated heterocycles. The number of carbonyl (C=O) groups excluding carboxylic acids is 7. The lowest BCUT2D eigenvalue weighted by atomic mass is 9.78. The lowest BCUT2D eigenvalue weighted by Gasteiger charge is -2.30. The highest BCUT2D eigenvalue weighted by atomic mass is 16.5. The number of esters is 2. The quantitative estimate of drug-likeness (QED) is 0.0441. The Morgan fingerprint density at radius 3 is 2.13 bits per heavy atom. The van der Waals surface area contributed by atoms with E-state index in [0.717, 1.165) is 27.6 Å². The SMILES string of the molecule is Cc1cc(C)c(C(C)(C)CC(=O)N[C@@H](Cc2c[nH]c3ccccc23)C(=O)N[C@@H](C)C(=O)NCC(=O)NCC(=O)N[C@@H](CC(=O)OCc2ccccc2)C(=O)O)c(OC(=O)[C@H](C)N)c1. The number of aromatic amines is 1. The van der Waals surface area contributed by atoms with E-state index in [4.69, 9.17) is 15.2 Å². The fourth-order valence-corrected chi connectivity index (χ4v) is 6.89. The number of benzene rings is 3. The van der Waals surface area contributed by atoms with Crippen LogP contribution in [0.4, 0.5) is 0 Å². The average molecular weight is 870 g/mol. The van der Waals surface area contributed by atoms with Crippen LogP contribution in [0.25, 0.3) is 10.9 Å². The number of fused-ring (bicyclic) bond motifs is 1. The van der Waals surface area contributed by atoms with Crippen molar-refractivity contribution in [3.63, 3.8) is 0 Å². The number of aromatic nitrogens is 1. The number of rotatable bonds is 21. The van der Waals surface area contributed by atoms with Crippen LogP contribution in [0, 0.1) is 13.8 Å². The summed E-state index contributed by atoms with van der Waals surface area (Å²) in [4.78, 5) is 105. The molecule has 4 atom stereocenters. The zero-order chi connectivity index (χ0) is 46.4. The molecule has 1 aromatic heterocycles. The minimum atomic E-state index is -1.62. The van der Waals surface area contributed by atoms with Gasteiger partial charge in [-0.3, -0.25) is 28.8 Å². The molecule has 0 bridgehead atoms. The van der Waals surface area contributed by atoms with Gasteiger partial charge >= 0.3 is 17.9 Å². The van der Waals surface area contributed by atoms with E-state index >= 15 is 0 Å². The Labute approximate surface area is 364 Å². The second kappa shape index (κ2) is 22.1. The van der Waals surface area contributed by atoms with Gasteiger partial charge in [0, 0.05) is 40.9 Å². The molecule has 5 amide bonds. The maximum Gasteiger partial charge on any atom is 0.328 e. The van der Waals surface area contributed by atoms with Crippen molar-refractivity contribution in [2.45, 2.75) is 97.0 Å². The number of aliphatic carboxylic acids is 1. The molecule has 4 aromatic rings. The number of carboxylic acid groups (broad SMARTS) is 1. The molecule has 1 heterocycles. The van der Waals surface area contributed by atoms with E-state index in [1.54, 1.807) is 42.6 Å². The van der Waals surface area contributed by atoms with Crippen molar-refractivity contribution in [3.8, 4) is 5.75 Å². The lowest BCUT2D eigenvalue weighted by Crippen LogP contribution is -2.54. The third kappa shape index (κ3) is 14.5. The van der Waals surface area contributed by atoms with Crippen LogP contribution in [0.3, 0.4) is 0 Å². The van der Waals surface area contributed by atoms with Crippen molar-refractivity contribution in [2.24, 2.45) is 5.73 Å². The maximum atomic E-state index is 13.9. The monoisotopic (exact) mass is 869 g/mol. The average Bonchev–Trinajstić information content (AvgIpc) is 3.62. The number of amides is 5. The van der Waals surface area contributed by atoms with Crippen LogP contribution in [0.15, 0.2) is 72.9 Å². The lowest BCUT2D eigenvalue weighted by molar-refractivity contribution is -0.151. The van der Waals surface area contributed by atoms with Gasteiger partial charge in [0.2, 0.25) is 29.5 Å².